The lowest BCUT2D eigenvalue weighted by Gasteiger charge is -2.72. The van der Waals surface area contributed by atoms with Gasteiger partial charge in [-0.3, -0.25) is 9.80 Å². The second-order valence-corrected chi connectivity index (χ2v) is 9.82. The maximum absolute atomic E-state index is 13.5. The molecule has 7 rings (SSSR count). The summed E-state index contributed by atoms with van der Waals surface area (Å²) in [5, 5.41) is 24.2. The molecule has 9 heteroatoms. The number of ether oxygens (including phenoxy) is 3. The Bertz CT molecular complexity index is 1110. The Hall–Kier alpha value is -2.62. The third-order valence-corrected chi connectivity index (χ3v) is 9.25. The largest absolute Gasteiger partial charge is 0.495 e. The fourth-order valence-electron chi connectivity index (χ4n) is 8.42. The first kappa shape index (κ1) is 20.9. The number of methoxy groups -OCH3 is 3. The molecule has 176 valence electrons. The van der Waals surface area contributed by atoms with Crippen LogP contribution >= 0.6 is 0 Å². The maximum Gasteiger partial charge on any atom is 0.414 e. The molecule has 6 aliphatic rings. The van der Waals surface area contributed by atoms with Crippen molar-refractivity contribution in [3.05, 3.63) is 35.9 Å². The number of para-hydroxylation sites is 1. The highest BCUT2D eigenvalue weighted by atomic mass is 16.6. The van der Waals surface area contributed by atoms with Crippen molar-refractivity contribution in [2.75, 3.05) is 39.3 Å². The van der Waals surface area contributed by atoms with Crippen molar-refractivity contribution >= 4 is 17.7 Å². The van der Waals surface area contributed by atoms with Crippen LogP contribution in [0.25, 0.3) is 0 Å². The van der Waals surface area contributed by atoms with Gasteiger partial charge in [0.05, 0.1) is 27.0 Å². The number of anilines is 1. The van der Waals surface area contributed by atoms with Gasteiger partial charge in [-0.05, 0) is 37.4 Å². The molecule has 0 aromatic heterocycles. The van der Waals surface area contributed by atoms with Crippen LogP contribution in [0.4, 0.5) is 10.5 Å². The Balaban J connectivity index is 1.79. The standard InChI is InChI=1S/C24H28N2O7/c1-31-15-7-4-6-14-16(15)26(20(29)33-3)23-10-9-21(18(27)24(23,30)19(28)32-2)8-5-12-25-13-11-22(14,23)17(21)25/h4-8,17-18,27,30H,9-13H2,1-3H3/t17-,18+,21-,22+,23-,24+/m0/s1. The number of fused-ring (bicyclic) bond motifs is 3. The van der Waals surface area contributed by atoms with Crippen LogP contribution in [0.5, 0.6) is 5.75 Å². The van der Waals surface area contributed by atoms with E-state index in [9.17, 15) is 19.8 Å². The molecule has 6 atom stereocenters. The van der Waals surface area contributed by atoms with Gasteiger partial charge in [0.15, 0.2) is 0 Å². The summed E-state index contributed by atoms with van der Waals surface area (Å²) in [4.78, 5) is 30.6. The van der Waals surface area contributed by atoms with E-state index in [0.29, 0.717) is 37.4 Å². The van der Waals surface area contributed by atoms with Crippen LogP contribution in [0.3, 0.4) is 0 Å². The Labute approximate surface area is 191 Å². The van der Waals surface area contributed by atoms with Crippen molar-refractivity contribution < 1.29 is 34.0 Å². The molecule has 4 fully saturated rings. The van der Waals surface area contributed by atoms with Crippen molar-refractivity contribution in [3.63, 3.8) is 0 Å². The van der Waals surface area contributed by atoms with Crippen LogP contribution in [-0.4, -0.2) is 84.9 Å². The average Bonchev–Trinajstić information content (AvgIpc) is 3.37. The first-order valence-electron chi connectivity index (χ1n) is 11.3. The molecule has 1 aromatic rings. The summed E-state index contributed by atoms with van der Waals surface area (Å²) in [7, 11) is 3.98. The number of esters is 1. The third-order valence-electron chi connectivity index (χ3n) is 9.25. The summed E-state index contributed by atoms with van der Waals surface area (Å²) in [6, 6.07) is 5.35. The topological polar surface area (TPSA) is 109 Å². The monoisotopic (exact) mass is 456 g/mol. The predicted molar refractivity (Wildman–Crippen MR) is 116 cm³/mol. The molecule has 3 saturated carbocycles. The van der Waals surface area contributed by atoms with Crippen LogP contribution < -0.4 is 9.64 Å². The minimum absolute atomic E-state index is 0.218. The van der Waals surface area contributed by atoms with Gasteiger partial charge < -0.3 is 24.4 Å². The van der Waals surface area contributed by atoms with Gasteiger partial charge in [-0.1, -0.05) is 24.3 Å². The summed E-state index contributed by atoms with van der Waals surface area (Å²) in [5.41, 5.74) is -4.29. The molecule has 0 unspecified atom stereocenters. The smallest absolute Gasteiger partial charge is 0.414 e. The quantitative estimate of drug-likeness (QED) is 0.501. The number of hydrogen-bond acceptors (Lipinski definition) is 8. The zero-order valence-electron chi connectivity index (χ0n) is 18.9. The first-order valence-corrected chi connectivity index (χ1v) is 11.3. The van der Waals surface area contributed by atoms with E-state index in [1.807, 2.05) is 24.3 Å². The summed E-state index contributed by atoms with van der Waals surface area (Å²) >= 11 is 0. The lowest BCUT2D eigenvalue weighted by Crippen LogP contribution is -2.90. The number of aliphatic hydroxyl groups excluding tert-OH is 1. The molecule has 2 bridgehead atoms. The molecular formula is C24H28N2O7. The molecule has 9 nitrogen and oxygen atoms in total. The van der Waals surface area contributed by atoms with Crippen LogP contribution in [0.15, 0.2) is 30.4 Å². The average molecular weight is 456 g/mol. The fraction of sp³-hybridized carbons (Fsp3) is 0.583. The number of rotatable bonds is 2. The fourth-order valence-corrected chi connectivity index (χ4v) is 8.42. The molecule has 1 saturated heterocycles. The van der Waals surface area contributed by atoms with E-state index in [-0.39, 0.29) is 12.5 Å². The minimum atomic E-state index is -2.38. The van der Waals surface area contributed by atoms with Gasteiger partial charge in [-0.15, -0.1) is 0 Å². The van der Waals surface area contributed by atoms with E-state index in [1.54, 1.807) is 6.07 Å². The number of carbonyl (C=O) groups is 2. The van der Waals surface area contributed by atoms with Crippen molar-refractivity contribution in [1.82, 2.24) is 4.90 Å². The summed E-state index contributed by atoms with van der Waals surface area (Å²) in [5.74, 6) is -0.509. The van der Waals surface area contributed by atoms with Crippen molar-refractivity contribution in [1.29, 1.82) is 0 Å². The van der Waals surface area contributed by atoms with Gasteiger partial charge >= 0.3 is 12.1 Å². The second kappa shape index (κ2) is 6.28. The number of amides is 1. The molecule has 2 N–H and O–H groups in total. The number of aliphatic hydroxyl groups is 2. The van der Waals surface area contributed by atoms with Crippen molar-refractivity contribution in [2.24, 2.45) is 5.41 Å². The lowest BCUT2D eigenvalue weighted by atomic mass is 9.37. The highest BCUT2D eigenvalue weighted by Gasteiger charge is 2.89. The SMILES string of the molecule is COC(=O)N1c2c(OC)cccc2[C@@]23CCN4CC=C[C@]5(CC[C@]12[C@](O)(C(=O)OC)[C@@H]5O)[C@H]43. The minimum Gasteiger partial charge on any atom is -0.495 e. The van der Waals surface area contributed by atoms with E-state index in [1.165, 1.54) is 26.2 Å². The highest BCUT2D eigenvalue weighted by Crippen LogP contribution is 2.76. The molecule has 3 spiro atoms. The first-order chi connectivity index (χ1) is 15.8. The molecule has 1 amide bonds. The van der Waals surface area contributed by atoms with E-state index in [2.05, 4.69) is 4.90 Å². The van der Waals surface area contributed by atoms with E-state index in [4.69, 9.17) is 14.2 Å². The van der Waals surface area contributed by atoms with Crippen LogP contribution in [0.2, 0.25) is 0 Å². The van der Waals surface area contributed by atoms with Gasteiger partial charge in [0, 0.05) is 23.4 Å². The number of hydrogen-bond donors (Lipinski definition) is 2. The van der Waals surface area contributed by atoms with Gasteiger partial charge in [0.2, 0.25) is 5.60 Å². The molecule has 3 aliphatic carbocycles. The molecular weight excluding hydrogens is 428 g/mol. The normalized spacial score (nSPS) is 41.9. The Kier molecular flexibility index (Phi) is 3.99. The van der Waals surface area contributed by atoms with Crippen LogP contribution in [0, 0.1) is 5.41 Å². The zero-order chi connectivity index (χ0) is 23.4. The molecule has 0 radical (unpaired) electrons. The maximum atomic E-state index is 13.5. The van der Waals surface area contributed by atoms with Crippen LogP contribution in [0.1, 0.15) is 24.8 Å². The van der Waals surface area contributed by atoms with Crippen molar-refractivity contribution in [3.8, 4) is 5.75 Å². The van der Waals surface area contributed by atoms with Gasteiger partial charge in [0.25, 0.3) is 0 Å². The second-order valence-electron chi connectivity index (χ2n) is 9.82. The number of benzene rings is 1. The number of carbonyl (C=O) groups excluding carboxylic acids is 2. The molecule has 3 aliphatic heterocycles. The predicted octanol–water partition coefficient (Wildman–Crippen LogP) is 0.961. The van der Waals surface area contributed by atoms with E-state index >= 15 is 0 Å². The summed E-state index contributed by atoms with van der Waals surface area (Å²) in [6.45, 7) is 1.40. The van der Waals surface area contributed by atoms with Gasteiger partial charge in [-0.25, -0.2) is 9.59 Å². The lowest BCUT2D eigenvalue weighted by molar-refractivity contribution is -0.262. The Morgan fingerprint density at radius 1 is 1.12 bits per heavy atom. The van der Waals surface area contributed by atoms with E-state index < -0.39 is 40.1 Å². The summed E-state index contributed by atoms with van der Waals surface area (Å²) in [6.07, 6.45) is 3.17. The third kappa shape index (κ3) is 1.84. The molecule has 33 heavy (non-hydrogen) atoms. The summed E-state index contributed by atoms with van der Waals surface area (Å²) < 4.78 is 16.0. The molecule has 3 heterocycles. The highest BCUT2D eigenvalue weighted by molar-refractivity contribution is 6.01. The van der Waals surface area contributed by atoms with E-state index in [0.717, 1.165) is 5.56 Å². The van der Waals surface area contributed by atoms with Gasteiger partial charge in [-0.2, -0.15) is 0 Å². The van der Waals surface area contributed by atoms with Gasteiger partial charge in [0.1, 0.15) is 17.4 Å². The Morgan fingerprint density at radius 2 is 1.91 bits per heavy atom. The zero-order valence-corrected chi connectivity index (χ0v) is 18.9. The van der Waals surface area contributed by atoms with Crippen molar-refractivity contribution in [2.45, 2.75) is 48.0 Å². The molecule has 1 aromatic carbocycles. The Morgan fingerprint density at radius 3 is 2.61 bits per heavy atom. The number of nitrogens with zero attached hydrogens (tertiary/aromatic N) is 2. The van der Waals surface area contributed by atoms with Crippen LogP contribution in [-0.2, 0) is 19.7 Å².